The molecule has 1 aromatic rings. The van der Waals surface area contributed by atoms with E-state index in [0.717, 1.165) is 19.3 Å². The van der Waals surface area contributed by atoms with E-state index < -0.39 is 10.0 Å². The van der Waals surface area contributed by atoms with Crippen molar-refractivity contribution in [1.29, 1.82) is 0 Å². The average molecular weight is 328 g/mol. The fourth-order valence-electron chi connectivity index (χ4n) is 2.46. The minimum absolute atomic E-state index is 0.280. The molecule has 0 spiro atoms. The van der Waals surface area contributed by atoms with Crippen LogP contribution >= 0.6 is 11.6 Å². The zero-order chi connectivity index (χ0) is 15.3. The maximum absolute atomic E-state index is 12.4. The number of hydrogen-bond donors (Lipinski definition) is 2. The van der Waals surface area contributed by atoms with Gasteiger partial charge in [-0.25, -0.2) is 8.42 Å². The summed E-state index contributed by atoms with van der Waals surface area (Å²) in [5.74, 6) is 5.25. The standard InChI is InChI=1S/C15H18ClNO3S/c16-13-9-8-12(5-4-10-18)15(11-13)17-21(19,20)14-6-2-1-3-7-14/h8-9,11,14,17-18H,1-3,6-7,10H2. The van der Waals surface area contributed by atoms with Gasteiger partial charge in [-0.1, -0.05) is 42.7 Å². The van der Waals surface area contributed by atoms with E-state index in [9.17, 15) is 8.42 Å². The molecule has 114 valence electrons. The summed E-state index contributed by atoms with van der Waals surface area (Å²) in [7, 11) is -3.44. The Morgan fingerprint density at radius 2 is 2.00 bits per heavy atom. The van der Waals surface area contributed by atoms with Crippen LogP contribution in [0.1, 0.15) is 37.7 Å². The molecule has 2 N–H and O–H groups in total. The number of sulfonamides is 1. The summed E-state index contributed by atoms with van der Waals surface area (Å²) in [5, 5.41) is 8.85. The third-order valence-electron chi connectivity index (χ3n) is 3.53. The molecule has 21 heavy (non-hydrogen) atoms. The fraction of sp³-hybridized carbons (Fsp3) is 0.467. The molecule has 0 atom stereocenters. The van der Waals surface area contributed by atoms with Gasteiger partial charge in [0.15, 0.2) is 0 Å². The van der Waals surface area contributed by atoms with Gasteiger partial charge in [0.2, 0.25) is 10.0 Å². The van der Waals surface area contributed by atoms with Crippen molar-refractivity contribution in [3.63, 3.8) is 0 Å². The third kappa shape index (κ3) is 4.37. The normalized spacial score (nSPS) is 16.1. The Balaban J connectivity index is 2.27. The zero-order valence-corrected chi connectivity index (χ0v) is 13.2. The number of benzene rings is 1. The van der Waals surface area contributed by atoms with E-state index >= 15 is 0 Å². The number of anilines is 1. The van der Waals surface area contributed by atoms with E-state index in [1.54, 1.807) is 18.2 Å². The predicted octanol–water partition coefficient (Wildman–Crippen LogP) is 2.76. The number of nitrogens with one attached hydrogen (secondary N) is 1. The highest BCUT2D eigenvalue weighted by molar-refractivity contribution is 7.93. The van der Waals surface area contributed by atoms with Gasteiger partial charge in [-0.3, -0.25) is 4.72 Å². The Labute approximate surface area is 130 Å². The molecule has 0 saturated heterocycles. The molecule has 2 rings (SSSR count). The molecule has 0 unspecified atom stereocenters. The van der Waals surface area contributed by atoms with Crippen LogP contribution < -0.4 is 4.72 Å². The van der Waals surface area contributed by atoms with Crippen LogP contribution in [0.3, 0.4) is 0 Å². The lowest BCUT2D eigenvalue weighted by molar-refractivity contribution is 0.350. The molecule has 1 fully saturated rings. The number of rotatable bonds is 3. The summed E-state index contributed by atoms with van der Waals surface area (Å²) in [6.45, 7) is -0.280. The molecule has 1 aliphatic rings. The molecular formula is C15H18ClNO3S. The Bertz CT molecular complexity index is 655. The van der Waals surface area contributed by atoms with Crippen LogP contribution in [0.2, 0.25) is 5.02 Å². The quantitative estimate of drug-likeness (QED) is 0.839. The summed E-state index contributed by atoms with van der Waals surface area (Å²) in [5.41, 5.74) is 0.877. The molecule has 0 bridgehead atoms. The van der Waals surface area contributed by atoms with Crippen LogP contribution in [-0.4, -0.2) is 25.4 Å². The van der Waals surface area contributed by atoms with Crippen LogP contribution in [0.15, 0.2) is 18.2 Å². The van der Waals surface area contributed by atoms with E-state index in [2.05, 4.69) is 16.6 Å². The smallest absolute Gasteiger partial charge is 0.235 e. The zero-order valence-electron chi connectivity index (χ0n) is 11.6. The van der Waals surface area contributed by atoms with Gasteiger partial charge in [-0.05, 0) is 31.0 Å². The van der Waals surface area contributed by atoms with E-state index in [4.69, 9.17) is 16.7 Å². The van der Waals surface area contributed by atoms with Gasteiger partial charge in [0, 0.05) is 10.6 Å². The van der Waals surface area contributed by atoms with Crippen molar-refractivity contribution < 1.29 is 13.5 Å². The predicted molar refractivity (Wildman–Crippen MR) is 84.8 cm³/mol. The molecule has 0 amide bonds. The van der Waals surface area contributed by atoms with Gasteiger partial charge in [0.05, 0.1) is 10.9 Å². The molecule has 0 aliphatic heterocycles. The van der Waals surface area contributed by atoms with Crippen molar-refractivity contribution in [3.05, 3.63) is 28.8 Å². The van der Waals surface area contributed by atoms with Crippen molar-refractivity contribution in [2.24, 2.45) is 0 Å². The Morgan fingerprint density at radius 3 is 2.67 bits per heavy atom. The average Bonchev–Trinajstić information content (AvgIpc) is 2.47. The van der Waals surface area contributed by atoms with Crippen LogP contribution in [0.4, 0.5) is 5.69 Å². The monoisotopic (exact) mass is 327 g/mol. The van der Waals surface area contributed by atoms with Crippen molar-refractivity contribution >= 4 is 27.3 Å². The molecule has 4 nitrogen and oxygen atoms in total. The first kappa shape index (κ1) is 16.2. The van der Waals surface area contributed by atoms with Crippen molar-refractivity contribution in [1.82, 2.24) is 0 Å². The number of aliphatic hydroxyl groups excluding tert-OH is 1. The Kier molecular flexibility index (Phi) is 5.51. The molecule has 0 radical (unpaired) electrons. The van der Waals surface area contributed by atoms with Crippen LogP contribution in [0, 0.1) is 11.8 Å². The van der Waals surface area contributed by atoms with E-state index in [1.165, 1.54) is 0 Å². The topological polar surface area (TPSA) is 66.4 Å². The highest BCUT2D eigenvalue weighted by Gasteiger charge is 2.27. The highest BCUT2D eigenvalue weighted by atomic mass is 35.5. The molecule has 1 aromatic carbocycles. The van der Waals surface area contributed by atoms with Gasteiger partial charge >= 0.3 is 0 Å². The van der Waals surface area contributed by atoms with Crippen molar-refractivity contribution in [2.45, 2.75) is 37.4 Å². The number of halogens is 1. The second-order valence-corrected chi connectivity index (χ2v) is 7.45. The first-order valence-electron chi connectivity index (χ1n) is 6.94. The maximum Gasteiger partial charge on any atom is 0.235 e. The second kappa shape index (κ2) is 7.17. The second-order valence-electron chi connectivity index (χ2n) is 5.06. The van der Waals surface area contributed by atoms with Crippen LogP contribution in [0.25, 0.3) is 0 Å². The lowest BCUT2D eigenvalue weighted by Crippen LogP contribution is -2.30. The summed E-state index contributed by atoms with van der Waals surface area (Å²) in [6.07, 6.45) is 4.36. The lowest BCUT2D eigenvalue weighted by atomic mass is 10.0. The first-order valence-corrected chi connectivity index (χ1v) is 8.86. The minimum atomic E-state index is -3.44. The Morgan fingerprint density at radius 1 is 1.29 bits per heavy atom. The van der Waals surface area contributed by atoms with Gasteiger partial charge < -0.3 is 5.11 Å². The number of aliphatic hydroxyl groups is 1. The molecule has 1 saturated carbocycles. The van der Waals surface area contributed by atoms with E-state index in [1.807, 2.05) is 0 Å². The molecular weight excluding hydrogens is 310 g/mol. The minimum Gasteiger partial charge on any atom is -0.384 e. The van der Waals surface area contributed by atoms with Crippen molar-refractivity contribution in [2.75, 3.05) is 11.3 Å². The maximum atomic E-state index is 12.4. The van der Waals surface area contributed by atoms with Crippen molar-refractivity contribution in [3.8, 4) is 11.8 Å². The van der Waals surface area contributed by atoms with Crippen LogP contribution in [0.5, 0.6) is 0 Å². The first-order chi connectivity index (χ1) is 10.0. The number of hydrogen-bond acceptors (Lipinski definition) is 3. The van der Waals surface area contributed by atoms with Gasteiger partial charge in [0.1, 0.15) is 6.61 Å². The van der Waals surface area contributed by atoms with Gasteiger partial charge in [0.25, 0.3) is 0 Å². The summed E-state index contributed by atoms with van der Waals surface area (Å²) in [6, 6.07) is 4.83. The summed E-state index contributed by atoms with van der Waals surface area (Å²) < 4.78 is 27.5. The highest BCUT2D eigenvalue weighted by Crippen LogP contribution is 2.27. The van der Waals surface area contributed by atoms with Gasteiger partial charge in [-0.2, -0.15) is 0 Å². The lowest BCUT2D eigenvalue weighted by Gasteiger charge is -2.22. The Hall–Kier alpha value is -1.22. The van der Waals surface area contributed by atoms with Gasteiger partial charge in [-0.15, -0.1) is 0 Å². The van der Waals surface area contributed by atoms with E-state index in [-0.39, 0.29) is 11.9 Å². The molecule has 0 aromatic heterocycles. The molecule has 0 heterocycles. The van der Waals surface area contributed by atoms with E-state index in [0.29, 0.717) is 29.1 Å². The third-order valence-corrected chi connectivity index (χ3v) is 5.62. The fourth-order valence-corrected chi connectivity index (χ4v) is 4.22. The SMILES string of the molecule is O=S(=O)(Nc1cc(Cl)ccc1C#CCO)C1CCCCC1. The largest absolute Gasteiger partial charge is 0.384 e. The van der Waals surface area contributed by atoms with Crippen LogP contribution in [-0.2, 0) is 10.0 Å². The summed E-state index contributed by atoms with van der Waals surface area (Å²) >= 11 is 5.93. The summed E-state index contributed by atoms with van der Waals surface area (Å²) in [4.78, 5) is 0. The molecule has 6 heteroatoms. The molecule has 1 aliphatic carbocycles.